The number of unbranched alkanes of at least 4 members (excludes halogenated alkanes) is 27. The minimum Gasteiger partial charge on any atom is -0.394 e. The lowest BCUT2D eigenvalue weighted by Crippen LogP contribution is -2.60. The Morgan fingerprint density at radius 2 is 0.929 bits per heavy atom. The Labute approximate surface area is 341 Å². The van der Waals surface area contributed by atoms with Gasteiger partial charge in [-0.15, -0.1) is 0 Å². The van der Waals surface area contributed by atoms with E-state index in [0.717, 1.165) is 38.5 Å². The van der Waals surface area contributed by atoms with Gasteiger partial charge in [0, 0.05) is 0 Å². The zero-order valence-electron chi connectivity index (χ0n) is 35.9. The molecular weight excluding hydrogens is 714 g/mol. The van der Waals surface area contributed by atoms with Gasteiger partial charge in [0.15, 0.2) is 6.29 Å². The molecule has 0 aliphatic carbocycles. The van der Waals surface area contributed by atoms with Crippen molar-refractivity contribution in [2.45, 2.75) is 268 Å². The summed E-state index contributed by atoms with van der Waals surface area (Å²) in [6.45, 7) is 3.44. The van der Waals surface area contributed by atoms with Crippen LogP contribution in [-0.4, -0.2) is 110 Å². The fraction of sp³-hybridized carbons (Fsp3) is 0.978. The number of carbonyl (C=O) groups is 1. The summed E-state index contributed by atoms with van der Waals surface area (Å²) in [4.78, 5) is 13.1. The van der Waals surface area contributed by atoms with Gasteiger partial charge in [-0.05, 0) is 12.8 Å². The van der Waals surface area contributed by atoms with E-state index in [9.17, 15) is 40.5 Å². The van der Waals surface area contributed by atoms with Crippen molar-refractivity contribution in [3.05, 3.63) is 0 Å². The van der Waals surface area contributed by atoms with E-state index in [-0.39, 0.29) is 6.42 Å². The van der Waals surface area contributed by atoms with Crippen molar-refractivity contribution in [1.82, 2.24) is 5.32 Å². The smallest absolute Gasteiger partial charge is 0.249 e. The summed E-state index contributed by atoms with van der Waals surface area (Å²) in [7, 11) is 0. The number of rotatable bonds is 39. The summed E-state index contributed by atoms with van der Waals surface area (Å²) < 4.78 is 11.1. The summed E-state index contributed by atoms with van der Waals surface area (Å²) in [5, 5.41) is 75.6. The van der Waals surface area contributed by atoms with Crippen molar-refractivity contribution in [2.24, 2.45) is 0 Å². The van der Waals surface area contributed by atoms with Gasteiger partial charge in [0.1, 0.15) is 36.6 Å². The number of amides is 1. The van der Waals surface area contributed by atoms with Crippen molar-refractivity contribution < 1.29 is 50.0 Å². The van der Waals surface area contributed by atoms with Crippen molar-refractivity contribution in [3.8, 4) is 0 Å². The van der Waals surface area contributed by atoms with E-state index in [1.165, 1.54) is 135 Å². The third kappa shape index (κ3) is 25.6. The SMILES string of the molecule is CCCCCCCCCCCCCCCCCCCC[C@@H](O)C(=O)N[C@@H](CO[C@@H]1O[C@H](CO)[C@H](O)[C@H](O)[C@H]1O)[C@H](O)[C@H](O)CCCCCCCCCCCCC. The van der Waals surface area contributed by atoms with E-state index in [1.807, 2.05) is 0 Å². The molecule has 1 aliphatic rings. The first-order valence-corrected chi connectivity index (χ1v) is 23.4. The Balaban J connectivity index is 2.41. The lowest BCUT2D eigenvalue weighted by molar-refractivity contribution is -0.303. The number of ether oxygens (including phenoxy) is 2. The second-order valence-corrected chi connectivity index (χ2v) is 16.8. The first-order chi connectivity index (χ1) is 27.2. The third-order valence-electron chi connectivity index (χ3n) is 11.7. The van der Waals surface area contributed by atoms with E-state index >= 15 is 0 Å². The van der Waals surface area contributed by atoms with Crippen LogP contribution in [0.3, 0.4) is 0 Å². The molecule has 56 heavy (non-hydrogen) atoms. The molecule has 0 aromatic carbocycles. The molecule has 1 heterocycles. The molecule has 0 spiro atoms. The zero-order chi connectivity index (χ0) is 41.2. The molecule has 334 valence electrons. The number of carbonyl (C=O) groups excluding carboxylic acids is 1. The van der Waals surface area contributed by atoms with Crippen LogP contribution >= 0.6 is 0 Å². The highest BCUT2D eigenvalue weighted by atomic mass is 16.7. The second-order valence-electron chi connectivity index (χ2n) is 16.8. The Kier molecular flexibility index (Phi) is 34.2. The van der Waals surface area contributed by atoms with E-state index in [4.69, 9.17) is 9.47 Å². The fourth-order valence-corrected chi connectivity index (χ4v) is 7.74. The van der Waals surface area contributed by atoms with Gasteiger partial charge in [-0.2, -0.15) is 0 Å². The molecule has 1 rings (SSSR count). The van der Waals surface area contributed by atoms with E-state index in [0.29, 0.717) is 19.3 Å². The topological polar surface area (TPSA) is 189 Å². The maximum Gasteiger partial charge on any atom is 0.249 e. The van der Waals surface area contributed by atoms with Gasteiger partial charge in [0.25, 0.3) is 0 Å². The Bertz CT molecular complexity index is 882. The quantitative estimate of drug-likeness (QED) is 0.0289. The molecule has 0 unspecified atom stereocenters. The molecule has 1 saturated heterocycles. The van der Waals surface area contributed by atoms with Crippen molar-refractivity contribution in [1.29, 1.82) is 0 Å². The van der Waals surface area contributed by atoms with Gasteiger partial charge < -0.3 is 50.5 Å². The number of nitrogens with one attached hydrogen (secondary N) is 1. The first-order valence-electron chi connectivity index (χ1n) is 23.4. The van der Waals surface area contributed by atoms with Crippen LogP contribution in [0.4, 0.5) is 0 Å². The van der Waals surface area contributed by atoms with E-state index < -0.39 is 74.2 Å². The summed E-state index contributed by atoms with van der Waals surface area (Å²) in [5.74, 6) is -0.694. The van der Waals surface area contributed by atoms with Crippen LogP contribution < -0.4 is 5.32 Å². The van der Waals surface area contributed by atoms with Gasteiger partial charge >= 0.3 is 0 Å². The van der Waals surface area contributed by atoms with Crippen molar-refractivity contribution in [2.75, 3.05) is 13.2 Å². The Morgan fingerprint density at radius 3 is 1.32 bits per heavy atom. The molecular formula is C45H89NO10. The van der Waals surface area contributed by atoms with Crippen LogP contribution in [0.2, 0.25) is 0 Å². The predicted octanol–water partition coefficient (Wildman–Crippen LogP) is 7.50. The molecule has 9 atom stereocenters. The third-order valence-corrected chi connectivity index (χ3v) is 11.7. The molecule has 11 heteroatoms. The molecule has 1 amide bonds. The van der Waals surface area contributed by atoms with Crippen LogP contribution in [0.15, 0.2) is 0 Å². The molecule has 1 aliphatic heterocycles. The van der Waals surface area contributed by atoms with Crippen LogP contribution in [0.5, 0.6) is 0 Å². The minimum atomic E-state index is -1.65. The standard InChI is InChI=1S/C45H89NO10/c1-3-5-7-9-11-13-15-16-17-18-19-20-21-23-25-27-29-31-33-38(49)44(54)46-36(35-55-45-43(53)42(52)41(51)39(34-47)56-45)40(50)37(48)32-30-28-26-24-22-14-12-10-8-6-4-2/h36-43,45,47-53H,3-35H2,1-2H3,(H,46,54)/t36-,37+,38+,39+,40-,41-,42-,43+,45+/m0/s1. The van der Waals surface area contributed by atoms with Crippen LogP contribution in [0.25, 0.3) is 0 Å². The van der Waals surface area contributed by atoms with Gasteiger partial charge in [-0.1, -0.05) is 200 Å². The summed E-state index contributed by atoms with van der Waals surface area (Å²) in [6, 6.07) is -1.16. The second kappa shape index (κ2) is 36.0. The number of hydrogen-bond donors (Lipinski definition) is 8. The molecule has 1 fully saturated rings. The van der Waals surface area contributed by atoms with Gasteiger partial charge in [0.2, 0.25) is 5.91 Å². The maximum absolute atomic E-state index is 13.1. The van der Waals surface area contributed by atoms with E-state index in [2.05, 4.69) is 19.2 Å². The zero-order valence-corrected chi connectivity index (χ0v) is 35.9. The van der Waals surface area contributed by atoms with Crippen molar-refractivity contribution >= 4 is 5.91 Å². The monoisotopic (exact) mass is 804 g/mol. The Morgan fingerprint density at radius 1 is 0.554 bits per heavy atom. The number of aliphatic hydroxyl groups is 7. The largest absolute Gasteiger partial charge is 0.394 e. The van der Waals surface area contributed by atoms with Gasteiger partial charge in [0.05, 0.1) is 25.4 Å². The fourth-order valence-electron chi connectivity index (χ4n) is 7.74. The number of hydrogen-bond acceptors (Lipinski definition) is 10. The molecule has 0 aromatic rings. The summed E-state index contributed by atoms with van der Waals surface area (Å²) in [6.07, 6.45) is 24.4. The molecule has 0 radical (unpaired) electrons. The molecule has 0 aromatic heterocycles. The van der Waals surface area contributed by atoms with Crippen LogP contribution in [-0.2, 0) is 14.3 Å². The highest BCUT2D eigenvalue weighted by Gasteiger charge is 2.44. The lowest BCUT2D eigenvalue weighted by Gasteiger charge is -2.40. The minimum absolute atomic E-state index is 0.266. The van der Waals surface area contributed by atoms with Crippen LogP contribution in [0, 0.1) is 0 Å². The predicted molar refractivity (Wildman–Crippen MR) is 224 cm³/mol. The first kappa shape index (κ1) is 53.1. The van der Waals surface area contributed by atoms with Gasteiger partial charge in [-0.3, -0.25) is 4.79 Å². The molecule has 0 saturated carbocycles. The van der Waals surface area contributed by atoms with Crippen LogP contribution in [0.1, 0.15) is 213 Å². The summed E-state index contributed by atoms with van der Waals surface area (Å²) in [5.41, 5.74) is 0. The maximum atomic E-state index is 13.1. The Hall–Kier alpha value is -0.890. The number of aliphatic hydroxyl groups excluding tert-OH is 7. The normalized spacial score (nSPS) is 22.2. The van der Waals surface area contributed by atoms with E-state index in [1.54, 1.807) is 0 Å². The van der Waals surface area contributed by atoms with Gasteiger partial charge in [-0.25, -0.2) is 0 Å². The van der Waals surface area contributed by atoms with Crippen molar-refractivity contribution in [3.63, 3.8) is 0 Å². The summed E-state index contributed by atoms with van der Waals surface area (Å²) >= 11 is 0. The average Bonchev–Trinajstić information content (AvgIpc) is 3.20. The highest BCUT2D eigenvalue weighted by Crippen LogP contribution is 2.23. The average molecular weight is 804 g/mol. The highest BCUT2D eigenvalue weighted by molar-refractivity contribution is 5.80. The lowest BCUT2D eigenvalue weighted by atomic mass is 9.98. The molecule has 11 nitrogen and oxygen atoms in total. The molecule has 8 N–H and O–H groups in total. The molecule has 0 bridgehead atoms.